The molecule has 0 aliphatic heterocycles. The van der Waals surface area contributed by atoms with Crippen LogP contribution >= 0.6 is 27.3 Å². The Hall–Kier alpha value is -1.27. The third-order valence-corrected chi connectivity index (χ3v) is 4.06. The van der Waals surface area contributed by atoms with Crippen molar-refractivity contribution in [3.05, 3.63) is 33.4 Å². The Balaban J connectivity index is 2.45. The number of rotatable bonds is 4. The van der Waals surface area contributed by atoms with Crippen molar-refractivity contribution in [3.8, 4) is 10.7 Å². The SMILES string of the molecule is CCCc1nc(-c2cc(Br)cs2)ncc1C(=O)O. The second-order valence-electron chi connectivity index (χ2n) is 3.74. The highest BCUT2D eigenvalue weighted by Gasteiger charge is 2.14. The van der Waals surface area contributed by atoms with Crippen molar-refractivity contribution in [3.63, 3.8) is 0 Å². The highest BCUT2D eigenvalue weighted by atomic mass is 79.9. The van der Waals surface area contributed by atoms with Gasteiger partial charge in [-0.25, -0.2) is 14.8 Å². The second-order valence-corrected chi connectivity index (χ2v) is 5.57. The maximum Gasteiger partial charge on any atom is 0.339 e. The van der Waals surface area contributed by atoms with E-state index in [1.807, 2.05) is 18.4 Å². The van der Waals surface area contributed by atoms with E-state index in [1.165, 1.54) is 17.5 Å². The molecule has 0 spiro atoms. The third kappa shape index (κ3) is 2.76. The lowest BCUT2D eigenvalue weighted by Gasteiger charge is -2.05. The standard InChI is InChI=1S/C12H11BrN2O2S/c1-2-3-9-8(12(16)17)5-14-11(15-9)10-4-7(13)6-18-10/h4-6H,2-3H2,1H3,(H,16,17). The van der Waals surface area contributed by atoms with Crippen LogP contribution in [0.5, 0.6) is 0 Å². The average Bonchev–Trinajstić information content (AvgIpc) is 2.76. The fraction of sp³-hybridized carbons (Fsp3) is 0.250. The topological polar surface area (TPSA) is 63.1 Å². The minimum Gasteiger partial charge on any atom is -0.478 e. The van der Waals surface area contributed by atoms with Crippen LogP contribution in [0, 0.1) is 0 Å². The van der Waals surface area contributed by atoms with E-state index in [2.05, 4.69) is 25.9 Å². The van der Waals surface area contributed by atoms with Crippen LogP contribution in [0.25, 0.3) is 10.7 Å². The number of nitrogens with zero attached hydrogens (tertiary/aromatic N) is 2. The molecule has 94 valence electrons. The van der Waals surface area contributed by atoms with E-state index < -0.39 is 5.97 Å². The molecule has 18 heavy (non-hydrogen) atoms. The molecule has 2 aromatic rings. The summed E-state index contributed by atoms with van der Waals surface area (Å²) in [6.45, 7) is 2.00. The van der Waals surface area contributed by atoms with Crippen LogP contribution in [0.2, 0.25) is 0 Å². The number of aromatic nitrogens is 2. The van der Waals surface area contributed by atoms with Crippen LogP contribution in [0.3, 0.4) is 0 Å². The Morgan fingerprint density at radius 3 is 2.89 bits per heavy atom. The fourth-order valence-corrected chi connectivity index (χ4v) is 2.94. The van der Waals surface area contributed by atoms with Gasteiger partial charge in [0, 0.05) is 16.0 Å². The van der Waals surface area contributed by atoms with Gasteiger partial charge in [-0.3, -0.25) is 0 Å². The molecule has 0 amide bonds. The number of aryl methyl sites for hydroxylation is 1. The van der Waals surface area contributed by atoms with Gasteiger partial charge in [0.05, 0.1) is 16.1 Å². The molecule has 0 unspecified atom stereocenters. The molecule has 0 aliphatic rings. The lowest BCUT2D eigenvalue weighted by atomic mass is 10.1. The summed E-state index contributed by atoms with van der Waals surface area (Å²) < 4.78 is 0.977. The molecule has 0 saturated carbocycles. The third-order valence-electron chi connectivity index (χ3n) is 2.37. The summed E-state index contributed by atoms with van der Waals surface area (Å²) in [6, 6.07) is 1.93. The molecule has 2 aromatic heterocycles. The fourth-order valence-electron chi connectivity index (χ4n) is 1.57. The zero-order chi connectivity index (χ0) is 13.1. The molecule has 6 heteroatoms. The van der Waals surface area contributed by atoms with Crippen LogP contribution in [0.4, 0.5) is 0 Å². The Bertz CT molecular complexity index is 583. The molecule has 1 N–H and O–H groups in total. The van der Waals surface area contributed by atoms with Crippen LogP contribution in [0.1, 0.15) is 29.4 Å². The van der Waals surface area contributed by atoms with Crippen molar-refractivity contribution in [2.75, 3.05) is 0 Å². The van der Waals surface area contributed by atoms with Gasteiger partial charge < -0.3 is 5.11 Å². The number of carboxylic acids is 1. The Morgan fingerprint density at radius 2 is 2.33 bits per heavy atom. The number of thiophene rings is 1. The van der Waals surface area contributed by atoms with Gasteiger partial charge >= 0.3 is 5.97 Å². The number of carboxylic acid groups (broad SMARTS) is 1. The summed E-state index contributed by atoms with van der Waals surface area (Å²) in [7, 11) is 0. The number of hydrogen-bond acceptors (Lipinski definition) is 4. The van der Waals surface area contributed by atoms with Crippen LogP contribution in [-0.4, -0.2) is 21.0 Å². The van der Waals surface area contributed by atoms with Gasteiger partial charge in [-0.15, -0.1) is 11.3 Å². The van der Waals surface area contributed by atoms with Gasteiger partial charge in [-0.05, 0) is 28.4 Å². The van der Waals surface area contributed by atoms with Crippen molar-refractivity contribution >= 4 is 33.2 Å². The maximum absolute atomic E-state index is 11.1. The highest BCUT2D eigenvalue weighted by molar-refractivity contribution is 9.10. The van der Waals surface area contributed by atoms with Gasteiger partial charge in [0.25, 0.3) is 0 Å². The van der Waals surface area contributed by atoms with E-state index in [0.29, 0.717) is 17.9 Å². The minimum atomic E-state index is -0.975. The summed E-state index contributed by atoms with van der Waals surface area (Å²) in [5, 5.41) is 11.0. The molecule has 0 aliphatic carbocycles. The van der Waals surface area contributed by atoms with E-state index in [9.17, 15) is 4.79 Å². The monoisotopic (exact) mass is 326 g/mol. The van der Waals surface area contributed by atoms with Gasteiger partial charge in [-0.2, -0.15) is 0 Å². The van der Waals surface area contributed by atoms with Gasteiger partial charge in [0.2, 0.25) is 0 Å². The van der Waals surface area contributed by atoms with Crippen molar-refractivity contribution in [1.29, 1.82) is 0 Å². The molecule has 4 nitrogen and oxygen atoms in total. The lowest BCUT2D eigenvalue weighted by molar-refractivity contribution is 0.0694. The zero-order valence-corrected chi connectivity index (χ0v) is 12.1. The van der Waals surface area contributed by atoms with Gasteiger partial charge in [0.1, 0.15) is 0 Å². The lowest BCUT2D eigenvalue weighted by Crippen LogP contribution is -2.07. The van der Waals surface area contributed by atoms with E-state index in [-0.39, 0.29) is 5.56 Å². The molecular weight excluding hydrogens is 316 g/mol. The molecular formula is C12H11BrN2O2S. The van der Waals surface area contributed by atoms with E-state index in [1.54, 1.807) is 0 Å². The number of carbonyl (C=O) groups is 1. The molecule has 0 fully saturated rings. The largest absolute Gasteiger partial charge is 0.478 e. The van der Waals surface area contributed by atoms with Crippen molar-refractivity contribution in [2.45, 2.75) is 19.8 Å². The number of hydrogen-bond donors (Lipinski definition) is 1. The first-order valence-electron chi connectivity index (χ1n) is 5.45. The van der Waals surface area contributed by atoms with Crippen LogP contribution in [-0.2, 0) is 6.42 Å². The quantitative estimate of drug-likeness (QED) is 0.932. The molecule has 2 heterocycles. The Morgan fingerprint density at radius 1 is 1.56 bits per heavy atom. The molecule has 0 radical (unpaired) electrons. The number of halogens is 1. The predicted molar refractivity (Wildman–Crippen MR) is 74.0 cm³/mol. The molecule has 0 bridgehead atoms. The van der Waals surface area contributed by atoms with Crippen LogP contribution < -0.4 is 0 Å². The molecule has 0 saturated heterocycles. The van der Waals surface area contributed by atoms with Gasteiger partial charge in [0.15, 0.2) is 5.82 Å². The molecule has 0 aromatic carbocycles. The summed E-state index contributed by atoms with van der Waals surface area (Å²) in [4.78, 5) is 20.5. The molecule has 2 rings (SSSR count). The van der Waals surface area contributed by atoms with Gasteiger partial charge in [-0.1, -0.05) is 13.3 Å². The first-order chi connectivity index (χ1) is 8.61. The average molecular weight is 327 g/mol. The van der Waals surface area contributed by atoms with Crippen molar-refractivity contribution in [2.24, 2.45) is 0 Å². The molecule has 0 atom stereocenters. The smallest absolute Gasteiger partial charge is 0.339 e. The Kier molecular flexibility index (Phi) is 4.08. The second kappa shape index (κ2) is 5.58. The number of aromatic carboxylic acids is 1. The summed E-state index contributed by atoms with van der Waals surface area (Å²) in [5.41, 5.74) is 0.788. The van der Waals surface area contributed by atoms with E-state index in [4.69, 9.17) is 5.11 Å². The minimum absolute atomic E-state index is 0.191. The van der Waals surface area contributed by atoms with Crippen molar-refractivity contribution in [1.82, 2.24) is 9.97 Å². The normalized spacial score (nSPS) is 10.6. The highest BCUT2D eigenvalue weighted by Crippen LogP contribution is 2.27. The van der Waals surface area contributed by atoms with Crippen molar-refractivity contribution < 1.29 is 9.90 Å². The maximum atomic E-state index is 11.1. The van der Waals surface area contributed by atoms with E-state index in [0.717, 1.165) is 15.8 Å². The summed E-state index contributed by atoms with van der Waals surface area (Å²) >= 11 is 4.90. The first-order valence-corrected chi connectivity index (χ1v) is 7.12. The predicted octanol–water partition coefficient (Wildman–Crippen LogP) is 3.62. The zero-order valence-electron chi connectivity index (χ0n) is 9.68. The Labute approximate surface area is 117 Å². The van der Waals surface area contributed by atoms with E-state index >= 15 is 0 Å². The summed E-state index contributed by atoms with van der Waals surface area (Å²) in [5.74, 6) is -0.392. The first kappa shape index (κ1) is 13.2. The van der Waals surface area contributed by atoms with Crippen LogP contribution in [0.15, 0.2) is 22.1 Å². The summed E-state index contributed by atoms with van der Waals surface area (Å²) in [6.07, 6.45) is 2.89.